The summed E-state index contributed by atoms with van der Waals surface area (Å²) in [6, 6.07) is 7.55. The van der Waals surface area contributed by atoms with E-state index in [-0.39, 0.29) is 11.5 Å². The van der Waals surface area contributed by atoms with Gasteiger partial charge in [0.25, 0.3) is 5.78 Å². The zero-order valence-corrected chi connectivity index (χ0v) is 10.8. The van der Waals surface area contributed by atoms with Crippen molar-refractivity contribution in [2.75, 3.05) is 0 Å². The Kier molecular flexibility index (Phi) is 4.18. The van der Waals surface area contributed by atoms with Crippen molar-refractivity contribution in [1.82, 2.24) is 4.98 Å². The smallest absolute Gasteiger partial charge is 0.376 e. The van der Waals surface area contributed by atoms with E-state index in [4.69, 9.17) is 5.11 Å². The highest BCUT2D eigenvalue weighted by Crippen LogP contribution is 2.19. The van der Waals surface area contributed by atoms with E-state index in [9.17, 15) is 19.1 Å². The first-order valence-corrected chi connectivity index (χ1v) is 6.06. The Morgan fingerprint density at radius 3 is 2.43 bits per heavy atom. The number of H-pyrrole nitrogens is 1. The Hall–Kier alpha value is -2.89. The molecule has 0 fully saturated rings. The molecule has 2 rings (SSSR count). The van der Waals surface area contributed by atoms with Gasteiger partial charge in [-0.2, -0.15) is 0 Å². The van der Waals surface area contributed by atoms with Gasteiger partial charge in [0.2, 0.25) is 0 Å². The number of benzene rings is 1. The summed E-state index contributed by atoms with van der Waals surface area (Å²) in [5.41, 5.74) is 1.73. The molecular formula is C15H12FNO4. The van der Waals surface area contributed by atoms with Gasteiger partial charge < -0.3 is 15.2 Å². The molecule has 2 aromatic rings. The molecule has 0 aliphatic rings. The fourth-order valence-electron chi connectivity index (χ4n) is 1.87. The SMILES string of the molecule is O=C(O)C(=O)C=C(O)c1[nH]ccc1Cc1ccc(F)cc1. The average Bonchev–Trinajstić information content (AvgIpc) is 2.89. The van der Waals surface area contributed by atoms with Gasteiger partial charge in [0.05, 0.1) is 5.69 Å². The molecule has 1 aromatic heterocycles. The lowest BCUT2D eigenvalue weighted by Gasteiger charge is -2.04. The number of rotatable bonds is 5. The number of aromatic nitrogens is 1. The van der Waals surface area contributed by atoms with E-state index in [1.54, 1.807) is 24.4 Å². The summed E-state index contributed by atoms with van der Waals surface area (Å²) in [7, 11) is 0. The lowest BCUT2D eigenvalue weighted by atomic mass is 10.0. The first kappa shape index (κ1) is 14.5. The van der Waals surface area contributed by atoms with Gasteiger partial charge in [0, 0.05) is 12.3 Å². The van der Waals surface area contributed by atoms with E-state index in [1.165, 1.54) is 12.1 Å². The zero-order valence-electron chi connectivity index (χ0n) is 10.8. The maximum Gasteiger partial charge on any atom is 0.376 e. The van der Waals surface area contributed by atoms with Crippen molar-refractivity contribution in [3.8, 4) is 0 Å². The van der Waals surface area contributed by atoms with Crippen LogP contribution in [0.25, 0.3) is 5.76 Å². The Balaban J connectivity index is 2.24. The number of hydrogen-bond acceptors (Lipinski definition) is 3. The van der Waals surface area contributed by atoms with Crippen molar-refractivity contribution in [2.24, 2.45) is 0 Å². The maximum atomic E-state index is 12.8. The number of carboxylic acid groups (broad SMARTS) is 1. The minimum Gasteiger partial charge on any atom is -0.506 e. The lowest BCUT2D eigenvalue weighted by Crippen LogP contribution is -2.09. The highest BCUT2D eigenvalue weighted by Gasteiger charge is 2.14. The third kappa shape index (κ3) is 3.56. The van der Waals surface area contributed by atoms with Crippen molar-refractivity contribution in [2.45, 2.75) is 6.42 Å². The van der Waals surface area contributed by atoms with Gasteiger partial charge in [-0.15, -0.1) is 0 Å². The van der Waals surface area contributed by atoms with Crippen molar-refractivity contribution in [1.29, 1.82) is 0 Å². The molecule has 0 saturated carbocycles. The third-order valence-corrected chi connectivity index (χ3v) is 2.88. The van der Waals surface area contributed by atoms with Crippen molar-refractivity contribution in [3.63, 3.8) is 0 Å². The van der Waals surface area contributed by atoms with Crippen LogP contribution in [0.15, 0.2) is 42.6 Å². The molecule has 0 amide bonds. The van der Waals surface area contributed by atoms with Crippen LogP contribution in [0, 0.1) is 5.82 Å². The van der Waals surface area contributed by atoms with Crippen LogP contribution in [-0.2, 0) is 16.0 Å². The van der Waals surface area contributed by atoms with E-state index >= 15 is 0 Å². The second-order valence-corrected chi connectivity index (χ2v) is 4.38. The van der Waals surface area contributed by atoms with Gasteiger partial charge >= 0.3 is 5.97 Å². The number of carbonyl (C=O) groups excluding carboxylic acids is 1. The number of aliphatic hydroxyl groups is 1. The van der Waals surface area contributed by atoms with E-state index in [2.05, 4.69) is 4.98 Å². The molecule has 0 unspecified atom stereocenters. The van der Waals surface area contributed by atoms with Crippen LogP contribution in [0.4, 0.5) is 4.39 Å². The second-order valence-electron chi connectivity index (χ2n) is 4.38. The number of ketones is 1. The Morgan fingerprint density at radius 1 is 1.14 bits per heavy atom. The molecule has 0 atom stereocenters. The number of hydrogen-bond donors (Lipinski definition) is 3. The predicted octanol–water partition coefficient (Wildman–Crippen LogP) is 2.30. The lowest BCUT2D eigenvalue weighted by molar-refractivity contribution is -0.146. The molecule has 0 aliphatic carbocycles. The predicted molar refractivity (Wildman–Crippen MR) is 73.2 cm³/mol. The fourth-order valence-corrected chi connectivity index (χ4v) is 1.87. The number of carbonyl (C=O) groups is 2. The fraction of sp³-hybridized carbons (Fsp3) is 0.0667. The normalized spacial score (nSPS) is 11.4. The Bertz CT molecular complexity index is 701. The van der Waals surface area contributed by atoms with E-state index in [0.717, 1.165) is 5.56 Å². The molecule has 21 heavy (non-hydrogen) atoms. The van der Waals surface area contributed by atoms with E-state index in [1.807, 2.05) is 0 Å². The van der Waals surface area contributed by atoms with Gasteiger partial charge in [-0.05, 0) is 35.7 Å². The summed E-state index contributed by atoms with van der Waals surface area (Å²) in [6.45, 7) is 0. The molecule has 3 N–H and O–H groups in total. The number of nitrogens with one attached hydrogen (secondary N) is 1. The van der Waals surface area contributed by atoms with E-state index in [0.29, 0.717) is 18.1 Å². The van der Waals surface area contributed by atoms with Gasteiger partial charge in [-0.3, -0.25) is 4.79 Å². The Labute approximate surface area is 119 Å². The number of aliphatic carboxylic acids is 1. The number of aromatic amines is 1. The molecule has 5 nitrogen and oxygen atoms in total. The van der Waals surface area contributed by atoms with Crippen LogP contribution in [-0.4, -0.2) is 26.9 Å². The maximum absolute atomic E-state index is 12.8. The molecule has 6 heteroatoms. The molecule has 0 aliphatic heterocycles. The molecule has 0 spiro atoms. The average molecular weight is 289 g/mol. The molecular weight excluding hydrogens is 277 g/mol. The van der Waals surface area contributed by atoms with Crippen LogP contribution in [0.1, 0.15) is 16.8 Å². The highest BCUT2D eigenvalue weighted by molar-refractivity contribution is 6.38. The molecule has 108 valence electrons. The third-order valence-electron chi connectivity index (χ3n) is 2.88. The topological polar surface area (TPSA) is 90.4 Å². The minimum absolute atomic E-state index is 0.258. The van der Waals surface area contributed by atoms with Crippen LogP contribution in [0.2, 0.25) is 0 Å². The second kappa shape index (κ2) is 6.04. The van der Waals surface area contributed by atoms with Crippen molar-refractivity contribution >= 4 is 17.5 Å². The summed E-state index contributed by atoms with van der Waals surface area (Å²) in [5.74, 6) is -3.66. The minimum atomic E-state index is -1.65. The summed E-state index contributed by atoms with van der Waals surface area (Å²) in [5, 5.41) is 18.3. The highest BCUT2D eigenvalue weighted by atomic mass is 19.1. The summed E-state index contributed by atoms with van der Waals surface area (Å²) in [4.78, 5) is 24.3. The summed E-state index contributed by atoms with van der Waals surface area (Å²) >= 11 is 0. The molecule has 1 aromatic carbocycles. The molecule has 1 heterocycles. The quantitative estimate of drug-likeness (QED) is 0.447. The monoisotopic (exact) mass is 289 g/mol. The summed E-state index contributed by atoms with van der Waals surface area (Å²) < 4.78 is 12.8. The molecule has 0 bridgehead atoms. The van der Waals surface area contributed by atoms with Gasteiger partial charge in [-0.25, -0.2) is 9.18 Å². The number of carboxylic acids is 1. The number of halogens is 1. The van der Waals surface area contributed by atoms with Gasteiger partial charge in [0.1, 0.15) is 11.6 Å². The Morgan fingerprint density at radius 2 is 1.81 bits per heavy atom. The van der Waals surface area contributed by atoms with Gasteiger partial charge in [0.15, 0.2) is 0 Å². The largest absolute Gasteiger partial charge is 0.506 e. The van der Waals surface area contributed by atoms with Crippen LogP contribution < -0.4 is 0 Å². The van der Waals surface area contributed by atoms with Gasteiger partial charge in [-0.1, -0.05) is 12.1 Å². The first-order chi connectivity index (χ1) is 9.97. The first-order valence-electron chi connectivity index (χ1n) is 6.06. The molecule has 0 saturated heterocycles. The van der Waals surface area contributed by atoms with Crippen LogP contribution in [0.3, 0.4) is 0 Å². The summed E-state index contributed by atoms with van der Waals surface area (Å²) in [6.07, 6.45) is 2.60. The molecule has 0 radical (unpaired) electrons. The van der Waals surface area contributed by atoms with E-state index < -0.39 is 17.5 Å². The van der Waals surface area contributed by atoms with Crippen molar-refractivity contribution < 1.29 is 24.2 Å². The van der Waals surface area contributed by atoms with Crippen LogP contribution in [0.5, 0.6) is 0 Å². The van der Waals surface area contributed by atoms with Crippen molar-refractivity contribution in [3.05, 3.63) is 65.2 Å². The standard InChI is InChI=1S/C15H12FNO4/c16-11-3-1-9(2-4-11)7-10-5-6-17-14(10)12(18)8-13(19)15(20)21/h1-6,8,17-18H,7H2,(H,20,21). The van der Waals surface area contributed by atoms with Crippen LogP contribution >= 0.6 is 0 Å². The number of aliphatic hydroxyl groups excluding tert-OH is 1. The zero-order chi connectivity index (χ0) is 15.4.